The average Bonchev–Trinajstić information content (AvgIpc) is 2.64. The second-order valence-electron chi connectivity index (χ2n) is 5.33. The van der Waals surface area contributed by atoms with Gasteiger partial charge in [0, 0.05) is 13.0 Å². The third kappa shape index (κ3) is 1.31. The zero-order valence-corrected chi connectivity index (χ0v) is 8.74. The molecule has 3 fully saturated rings. The summed E-state index contributed by atoms with van der Waals surface area (Å²) in [6.45, 7) is 0.913. The molecule has 80 valence electrons. The zero-order valence-electron chi connectivity index (χ0n) is 8.74. The van der Waals surface area contributed by atoms with Crippen molar-refractivity contribution in [1.82, 2.24) is 0 Å². The molecule has 3 unspecified atom stereocenters. The molecule has 0 aromatic carbocycles. The van der Waals surface area contributed by atoms with Gasteiger partial charge in [0.05, 0.1) is 11.7 Å². The Bertz CT molecular complexity index is 210. The van der Waals surface area contributed by atoms with Crippen molar-refractivity contribution in [2.75, 3.05) is 6.61 Å². The number of hydrogen-bond acceptors (Lipinski definition) is 2. The van der Waals surface area contributed by atoms with E-state index in [0.717, 1.165) is 13.0 Å². The summed E-state index contributed by atoms with van der Waals surface area (Å²) in [4.78, 5) is 0. The van der Waals surface area contributed by atoms with E-state index in [1.165, 1.54) is 38.5 Å². The molecule has 1 heterocycles. The first-order valence-corrected chi connectivity index (χ1v) is 6.15. The molecule has 1 saturated heterocycles. The second kappa shape index (κ2) is 3.21. The van der Waals surface area contributed by atoms with Crippen LogP contribution in [0.15, 0.2) is 0 Å². The first-order valence-electron chi connectivity index (χ1n) is 6.15. The van der Waals surface area contributed by atoms with E-state index in [4.69, 9.17) is 4.74 Å². The Morgan fingerprint density at radius 3 is 2.50 bits per heavy atom. The maximum absolute atomic E-state index is 10.4. The third-order valence-corrected chi connectivity index (χ3v) is 4.52. The first-order chi connectivity index (χ1) is 6.81. The Labute approximate surface area is 85.6 Å². The fourth-order valence-corrected chi connectivity index (χ4v) is 3.68. The molecular weight excluding hydrogens is 176 g/mol. The molecule has 0 aromatic heterocycles. The molecule has 0 radical (unpaired) electrons. The van der Waals surface area contributed by atoms with Crippen LogP contribution in [0.2, 0.25) is 0 Å². The Morgan fingerprint density at radius 1 is 1.07 bits per heavy atom. The van der Waals surface area contributed by atoms with Crippen LogP contribution in [-0.2, 0) is 4.74 Å². The Kier molecular flexibility index (Phi) is 2.10. The topological polar surface area (TPSA) is 29.5 Å². The standard InChI is InChI=1S/C12H20O2/c13-12(10-5-3-6-11(10)12)8-9-4-1-2-7-14-9/h9-11,13H,1-8H2. The van der Waals surface area contributed by atoms with Gasteiger partial charge >= 0.3 is 0 Å². The van der Waals surface area contributed by atoms with Crippen molar-refractivity contribution in [2.45, 2.75) is 56.7 Å². The SMILES string of the molecule is OC1(CC2CCCCO2)C2CCCC21. The van der Waals surface area contributed by atoms with Gasteiger partial charge in [-0.1, -0.05) is 6.42 Å². The van der Waals surface area contributed by atoms with E-state index < -0.39 is 0 Å². The highest BCUT2D eigenvalue weighted by atomic mass is 16.5. The van der Waals surface area contributed by atoms with Crippen LogP contribution in [0.3, 0.4) is 0 Å². The van der Waals surface area contributed by atoms with Gasteiger partial charge in [0.1, 0.15) is 0 Å². The third-order valence-electron chi connectivity index (χ3n) is 4.52. The van der Waals surface area contributed by atoms with E-state index in [-0.39, 0.29) is 5.60 Å². The van der Waals surface area contributed by atoms with Crippen molar-refractivity contribution < 1.29 is 9.84 Å². The summed E-state index contributed by atoms with van der Waals surface area (Å²) in [7, 11) is 0. The molecule has 3 rings (SSSR count). The molecule has 2 aliphatic carbocycles. The van der Waals surface area contributed by atoms with Gasteiger partial charge in [-0.25, -0.2) is 0 Å². The van der Waals surface area contributed by atoms with Crippen LogP contribution in [0, 0.1) is 11.8 Å². The van der Waals surface area contributed by atoms with E-state index >= 15 is 0 Å². The number of fused-ring (bicyclic) bond motifs is 1. The van der Waals surface area contributed by atoms with Crippen LogP contribution in [-0.4, -0.2) is 23.4 Å². The summed E-state index contributed by atoms with van der Waals surface area (Å²) in [5, 5.41) is 10.4. The molecule has 2 nitrogen and oxygen atoms in total. The minimum Gasteiger partial charge on any atom is -0.389 e. The van der Waals surface area contributed by atoms with Gasteiger partial charge in [0.25, 0.3) is 0 Å². The maximum atomic E-state index is 10.4. The van der Waals surface area contributed by atoms with Gasteiger partial charge in [0.15, 0.2) is 0 Å². The van der Waals surface area contributed by atoms with E-state index in [0.29, 0.717) is 17.9 Å². The molecule has 0 bridgehead atoms. The number of aliphatic hydroxyl groups is 1. The van der Waals surface area contributed by atoms with Crippen molar-refractivity contribution >= 4 is 0 Å². The predicted molar refractivity (Wildman–Crippen MR) is 54.0 cm³/mol. The Hall–Kier alpha value is -0.0800. The number of ether oxygens (including phenoxy) is 1. The molecule has 0 spiro atoms. The van der Waals surface area contributed by atoms with Gasteiger partial charge in [-0.15, -0.1) is 0 Å². The van der Waals surface area contributed by atoms with Crippen LogP contribution >= 0.6 is 0 Å². The fraction of sp³-hybridized carbons (Fsp3) is 1.00. The monoisotopic (exact) mass is 196 g/mol. The number of rotatable bonds is 2. The van der Waals surface area contributed by atoms with E-state index in [9.17, 15) is 5.11 Å². The summed E-state index contributed by atoms with van der Waals surface area (Å²) in [5.74, 6) is 1.26. The first kappa shape index (κ1) is 9.17. The van der Waals surface area contributed by atoms with Crippen molar-refractivity contribution in [3.05, 3.63) is 0 Å². The quantitative estimate of drug-likeness (QED) is 0.733. The van der Waals surface area contributed by atoms with E-state index in [1.54, 1.807) is 0 Å². The molecule has 0 aromatic rings. The summed E-state index contributed by atoms with van der Waals surface area (Å²) in [6, 6.07) is 0. The van der Waals surface area contributed by atoms with Crippen LogP contribution in [0.25, 0.3) is 0 Å². The summed E-state index contributed by atoms with van der Waals surface area (Å²) < 4.78 is 5.70. The lowest BCUT2D eigenvalue weighted by Crippen LogP contribution is -2.28. The van der Waals surface area contributed by atoms with Crippen molar-refractivity contribution in [3.63, 3.8) is 0 Å². The van der Waals surface area contributed by atoms with Crippen LogP contribution < -0.4 is 0 Å². The minimum absolute atomic E-state index is 0.305. The lowest BCUT2D eigenvalue weighted by Gasteiger charge is -2.26. The molecule has 1 N–H and O–H groups in total. The van der Waals surface area contributed by atoms with Crippen LogP contribution in [0.4, 0.5) is 0 Å². The minimum atomic E-state index is -0.305. The molecule has 2 heteroatoms. The predicted octanol–water partition coefficient (Wildman–Crippen LogP) is 2.11. The largest absolute Gasteiger partial charge is 0.389 e. The molecular formula is C12H20O2. The second-order valence-corrected chi connectivity index (χ2v) is 5.33. The lowest BCUT2D eigenvalue weighted by atomic mass is 9.97. The Morgan fingerprint density at radius 2 is 1.86 bits per heavy atom. The van der Waals surface area contributed by atoms with Gasteiger partial charge in [-0.05, 0) is 43.9 Å². The molecule has 0 amide bonds. The van der Waals surface area contributed by atoms with Crippen molar-refractivity contribution in [1.29, 1.82) is 0 Å². The molecule has 14 heavy (non-hydrogen) atoms. The van der Waals surface area contributed by atoms with Crippen molar-refractivity contribution in [2.24, 2.45) is 11.8 Å². The molecule has 1 aliphatic heterocycles. The fourth-order valence-electron chi connectivity index (χ4n) is 3.68. The highest BCUT2D eigenvalue weighted by Gasteiger charge is 2.65. The van der Waals surface area contributed by atoms with Gasteiger partial charge in [0.2, 0.25) is 0 Å². The van der Waals surface area contributed by atoms with Gasteiger partial charge in [-0.2, -0.15) is 0 Å². The van der Waals surface area contributed by atoms with E-state index in [1.807, 2.05) is 0 Å². The summed E-state index contributed by atoms with van der Waals surface area (Å²) in [5.41, 5.74) is -0.305. The van der Waals surface area contributed by atoms with Crippen LogP contribution in [0.5, 0.6) is 0 Å². The normalized spacial score (nSPS) is 51.6. The van der Waals surface area contributed by atoms with Gasteiger partial charge < -0.3 is 9.84 Å². The molecule has 3 aliphatic rings. The summed E-state index contributed by atoms with van der Waals surface area (Å²) >= 11 is 0. The van der Waals surface area contributed by atoms with Crippen molar-refractivity contribution in [3.8, 4) is 0 Å². The van der Waals surface area contributed by atoms with Gasteiger partial charge in [-0.3, -0.25) is 0 Å². The average molecular weight is 196 g/mol. The maximum Gasteiger partial charge on any atom is 0.0735 e. The highest BCUT2D eigenvalue weighted by molar-refractivity contribution is 5.15. The lowest BCUT2D eigenvalue weighted by molar-refractivity contribution is -0.0316. The van der Waals surface area contributed by atoms with E-state index in [2.05, 4.69) is 0 Å². The molecule has 2 saturated carbocycles. The number of hydrogen-bond donors (Lipinski definition) is 1. The highest BCUT2D eigenvalue weighted by Crippen LogP contribution is 2.62. The zero-order chi connectivity index (χ0) is 9.60. The summed E-state index contributed by atoms with van der Waals surface area (Å²) in [6.07, 6.45) is 8.80. The Balaban J connectivity index is 1.57. The van der Waals surface area contributed by atoms with Crippen LogP contribution in [0.1, 0.15) is 44.9 Å². The molecule has 3 atom stereocenters. The smallest absolute Gasteiger partial charge is 0.0735 e.